The maximum atomic E-state index is 13.4. The van der Waals surface area contributed by atoms with Crippen LogP contribution >= 0.6 is 0 Å². The molecule has 1 aromatic heterocycles. The summed E-state index contributed by atoms with van der Waals surface area (Å²) in [6.45, 7) is 1.47. The van der Waals surface area contributed by atoms with Crippen molar-refractivity contribution in [3.8, 4) is 22.7 Å². The molecule has 3 N–H and O–H groups in total. The molecule has 0 saturated carbocycles. The molecule has 1 heterocycles. The van der Waals surface area contributed by atoms with E-state index in [4.69, 9.17) is 10.6 Å². The van der Waals surface area contributed by atoms with Gasteiger partial charge in [0.25, 0.3) is 0 Å². The summed E-state index contributed by atoms with van der Waals surface area (Å²) in [5, 5.41) is 18.4. The molecule has 0 spiro atoms. The fourth-order valence-corrected chi connectivity index (χ4v) is 2.62. The molecule has 6 nitrogen and oxygen atoms in total. The molecule has 0 aliphatic heterocycles. The zero-order valence-corrected chi connectivity index (χ0v) is 14.4. The van der Waals surface area contributed by atoms with Crippen molar-refractivity contribution in [2.75, 3.05) is 0 Å². The maximum Gasteiger partial charge on any atom is 0.435 e. The third kappa shape index (κ3) is 3.81. The number of aromatic nitrogens is 2. The first kappa shape index (κ1) is 14.2. The smallest absolute Gasteiger partial charge is 0.435 e. The zero-order chi connectivity index (χ0) is 23.5. The average molecular weight is 401 g/mol. The van der Waals surface area contributed by atoms with E-state index < -0.39 is 68.1 Å². The van der Waals surface area contributed by atoms with Gasteiger partial charge in [0.2, 0.25) is 10.0 Å². The highest BCUT2D eigenvalue weighted by Crippen LogP contribution is 2.34. The number of phenolic OH excluding ortho intramolecular Hbond substituents is 1. The van der Waals surface area contributed by atoms with Crippen LogP contribution in [0.2, 0.25) is 0 Å². The number of rotatable bonds is 3. The van der Waals surface area contributed by atoms with Crippen LogP contribution in [-0.4, -0.2) is 23.3 Å². The molecule has 142 valence electrons. The Hall–Kier alpha value is -2.85. The number of benzene rings is 2. The lowest BCUT2D eigenvalue weighted by Crippen LogP contribution is -2.12. The van der Waals surface area contributed by atoms with Crippen LogP contribution in [0.15, 0.2) is 53.3 Å². The molecule has 0 unspecified atom stereocenters. The van der Waals surface area contributed by atoms with Crippen molar-refractivity contribution in [2.24, 2.45) is 5.14 Å². The van der Waals surface area contributed by atoms with Crippen LogP contribution in [-0.2, 0) is 16.2 Å². The van der Waals surface area contributed by atoms with Crippen LogP contribution in [0.3, 0.4) is 0 Å². The van der Waals surface area contributed by atoms with E-state index in [1.165, 1.54) is 19.1 Å². The van der Waals surface area contributed by atoms with Crippen LogP contribution in [0.4, 0.5) is 13.2 Å². The van der Waals surface area contributed by atoms with Crippen molar-refractivity contribution in [3.63, 3.8) is 0 Å². The Morgan fingerprint density at radius 3 is 2.52 bits per heavy atom. The third-order valence-corrected chi connectivity index (χ3v) is 4.39. The lowest BCUT2D eigenvalue weighted by Gasteiger charge is -2.09. The summed E-state index contributed by atoms with van der Waals surface area (Å²) in [6.07, 6.45) is -5.06. The number of halogens is 3. The molecule has 10 heteroatoms. The number of nitrogens with zero attached hydrogens (tertiary/aromatic N) is 2. The molecule has 0 bridgehead atoms. The Labute approximate surface area is 158 Å². The molecule has 0 aliphatic carbocycles. The van der Waals surface area contributed by atoms with E-state index >= 15 is 0 Å². The largest absolute Gasteiger partial charge is 0.508 e. The van der Waals surface area contributed by atoms with Gasteiger partial charge in [-0.2, -0.15) is 18.3 Å². The molecule has 3 rings (SSSR count). The van der Waals surface area contributed by atoms with Crippen LogP contribution in [0.5, 0.6) is 5.75 Å². The van der Waals surface area contributed by atoms with Crippen molar-refractivity contribution >= 4 is 10.0 Å². The first-order valence-corrected chi connectivity index (χ1v) is 8.80. The summed E-state index contributed by atoms with van der Waals surface area (Å²) in [5.74, 6) is -0.518. The second-order valence-corrected chi connectivity index (χ2v) is 7.04. The summed E-state index contributed by atoms with van der Waals surface area (Å²) in [5.41, 5.74) is -2.64. The molecule has 27 heavy (non-hydrogen) atoms. The average Bonchev–Trinajstić information content (AvgIpc) is 2.98. The molecule has 0 atom stereocenters. The van der Waals surface area contributed by atoms with Gasteiger partial charge in [0, 0.05) is 5.56 Å². The summed E-state index contributed by atoms with van der Waals surface area (Å²) < 4.78 is 96.0. The minimum Gasteiger partial charge on any atom is -0.508 e. The number of sulfonamides is 1. The predicted molar refractivity (Wildman–Crippen MR) is 91.8 cm³/mol. The summed E-state index contributed by atoms with van der Waals surface area (Å²) in [7, 11) is -4.38. The van der Waals surface area contributed by atoms with Crippen molar-refractivity contribution in [3.05, 3.63) is 59.7 Å². The van der Waals surface area contributed by atoms with E-state index in [0.29, 0.717) is 4.68 Å². The SMILES string of the molecule is [2H]c1c(-n2nc(C(F)(F)F)c([2H])c2-c2ccc(C)c(O)c2[2H])ccc(S(N)(=O)=O)c1[2H]. The second-order valence-electron chi connectivity index (χ2n) is 5.51. The van der Waals surface area contributed by atoms with E-state index in [9.17, 15) is 26.7 Å². The quantitative estimate of drug-likeness (QED) is 0.704. The Bertz CT molecular complexity index is 1320. The third-order valence-electron chi connectivity index (χ3n) is 3.54. The summed E-state index contributed by atoms with van der Waals surface area (Å²) >= 11 is 0. The number of alkyl halides is 3. The van der Waals surface area contributed by atoms with Gasteiger partial charge in [-0.3, -0.25) is 0 Å². The van der Waals surface area contributed by atoms with Crippen molar-refractivity contribution < 1.29 is 32.2 Å². The topological polar surface area (TPSA) is 98.2 Å². The van der Waals surface area contributed by atoms with Crippen molar-refractivity contribution in [1.29, 1.82) is 0 Å². The lowest BCUT2D eigenvalue weighted by molar-refractivity contribution is -0.141. The Morgan fingerprint density at radius 2 is 1.89 bits per heavy atom. The van der Waals surface area contributed by atoms with Gasteiger partial charge in [0.15, 0.2) is 5.69 Å². The molecule has 2 aromatic carbocycles. The number of nitrogens with two attached hydrogens (primary N) is 1. The van der Waals surface area contributed by atoms with Crippen LogP contribution in [0.1, 0.15) is 16.7 Å². The fourth-order valence-electron chi connectivity index (χ4n) is 2.17. The van der Waals surface area contributed by atoms with Crippen LogP contribution < -0.4 is 5.14 Å². The number of hydrogen-bond acceptors (Lipinski definition) is 4. The number of phenols is 1. The number of primary sulfonamides is 1. The number of aryl methyl sites for hydroxylation is 1. The van der Waals surface area contributed by atoms with Gasteiger partial charge in [0.1, 0.15) is 5.75 Å². The van der Waals surface area contributed by atoms with Gasteiger partial charge in [-0.15, -0.1) is 0 Å². The minimum absolute atomic E-state index is 0.273. The highest BCUT2D eigenvalue weighted by atomic mass is 32.2. The van der Waals surface area contributed by atoms with Crippen molar-refractivity contribution in [1.82, 2.24) is 9.78 Å². The van der Waals surface area contributed by atoms with Gasteiger partial charge in [0.05, 0.1) is 21.8 Å². The van der Waals surface area contributed by atoms with Gasteiger partial charge >= 0.3 is 6.18 Å². The summed E-state index contributed by atoms with van der Waals surface area (Å²) in [4.78, 5) is -0.716. The van der Waals surface area contributed by atoms with E-state index in [0.717, 1.165) is 12.1 Å². The van der Waals surface area contributed by atoms with Gasteiger partial charge in [-0.05, 0) is 48.8 Å². The molecular weight excluding hydrogens is 383 g/mol. The molecule has 0 amide bonds. The number of hydrogen-bond donors (Lipinski definition) is 2. The first-order valence-electron chi connectivity index (χ1n) is 9.26. The highest BCUT2D eigenvalue weighted by Gasteiger charge is 2.35. The Morgan fingerprint density at radius 1 is 1.19 bits per heavy atom. The van der Waals surface area contributed by atoms with Crippen LogP contribution in [0, 0.1) is 6.92 Å². The fraction of sp³-hybridized carbons (Fsp3) is 0.118. The minimum atomic E-state index is -5.06. The van der Waals surface area contributed by atoms with E-state index in [-0.39, 0.29) is 11.1 Å². The van der Waals surface area contributed by atoms with E-state index in [1.54, 1.807) is 0 Å². The molecule has 0 radical (unpaired) electrons. The van der Waals surface area contributed by atoms with E-state index in [1.807, 2.05) is 0 Å². The Kier molecular flexibility index (Phi) is 3.37. The van der Waals surface area contributed by atoms with Crippen molar-refractivity contribution in [2.45, 2.75) is 18.0 Å². The standard InChI is InChI=1S/C17H14F3N3O3S/c1-10-2-3-11(8-15(10)24)14-9-16(17(18,19)20)22-23(14)12-4-6-13(7-5-12)27(21,25)26/h2-9,24H,1H3,(H2,21,25,26)/i4D,6D,8D,9D. The molecule has 3 aromatic rings. The predicted octanol–water partition coefficient (Wildman–Crippen LogP) is 3.22. The zero-order valence-electron chi connectivity index (χ0n) is 17.6. The van der Waals surface area contributed by atoms with Crippen LogP contribution in [0.25, 0.3) is 16.9 Å². The highest BCUT2D eigenvalue weighted by molar-refractivity contribution is 7.89. The van der Waals surface area contributed by atoms with E-state index in [2.05, 4.69) is 5.10 Å². The lowest BCUT2D eigenvalue weighted by atomic mass is 10.1. The molecule has 0 saturated heterocycles. The molecular formula is C17H14F3N3O3S. The monoisotopic (exact) mass is 401 g/mol. The second kappa shape index (κ2) is 6.39. The summed E-state index contributed by atoms with van der Waals surface area (Å²) in [6, 6.07) is 0.927. The Balaban J connectivity index is 2.43. The molecule has 0 fully saturated rings. The first-order chi connectivity index (χ1) is 14.2. The molecule has 0 aliphatic rings. The van der Waals surface area contributed by atoms with Gasteiger partial charge in [-0.1, -0.05) is 12.1 Å². The number of aromatic hydroxyl groups is 1. The maximum absolute atomic E-state index is 13.4. The normalized spacial score (nSPS) is 14.4. The van der Waals surface area contributed by atoms with Gasteiger partial charge < -0.3 is 5.11 Å². The van der Waals surface area contributed by atoms with Gasteiger partial charge in [-0.25, -0.2) is 18.2 Å².